The molecule has 5 rings (SSSR count). The Kier molecular flexibility index (Phi) is 5.26. The van der Waals surface area contributed by atoms with Crippen molar-refractivity contribution >= 4 is 11.8 Å². The Bertz CT molecular complexity index is 1110. The van der Waals surface area contributed by atoms with Crippen molar-refractivity contribution in [2.24, 2.45) is 0 Å². The van der Waals surface area contributed by atoms with Gasteiger partial charge >= 0.3 is 0 Å². The first kappa shape index (κ1) is 20.4. The van der Waals surface area contributed by atoms with E-state index in [1.807, 2.05) is 41.1 Å². The van der Waals surface area contributed by atoms with Gasteiger partial charge in [-0.15, -0.1) is 0 Å². The van der Waals surface area contributed by atoms with Crippen molar-refractivity contribution in [3.63, 3.8) is 0 Å². The number of hydrogen-bond donors (Lipinski definition) is 1. The van der Waals surface area contributed by atoms with Crippen LogP contribution in [0.5, 0.6) is 0 Å². The van der Waals surface area contributed by atoms with Gasteiger partial charge in [0, 0.05) is 50.9 Å². The maximum atomic E-state index is 12.9. The molecule has 0 aliphatic carbocycles. The highest BCUT2D eigenvalue weighted by atomic mass is 16.5. The zero-order chi connectivity index (χ0) is 22.1. The summed E-state index contributed by atoms with van der Waals surface area (Å²) in [5, 5.41) is 6.82. The van der Waals surface area contributed by atoms with Crippen LogP contribution in [-0.2, 0) is 28.2 Å². The van der Waals surface area contributed by atoms with Crippen LogP contribution in [0.15, 0.2) is 53.3 Å². The van der Waals surface area contributed by atoms with Crippen LogP contribution in [-0.4, -0.2) is 50.6 Å². The molecule has 0 saturated carbocycles. The third kappa shape index (κ3) is 3.80. The molecule has 1 saturated heterocycles. The van der Waals surface area contributed by atoms with Crippen LogP contribution in [0.2, 0.25) is 0 Å². The fourth-order valence-electron chi connectivity index (χ4n) is 4.47. The zero-order valence-electron chi connectivity index (χ0n) is 17.9. The molecule has 2 aliphatic rings. The smallest absolute Gasteiger partial charge is 0.276 e. The number of likely N-dealkylation sites (tertiary alicyclic amines) is 1. The molecule has 3 aromatic rings. The molecule has 1 aromatic carbocycles. The van der Waals surface area contributed by atoms with Gasteiger partial charge < -0.3 is 24.0 Å². The van der Waals surface area contributed by atoms with Crippen molar-refractivity contribution in [1.82, 2.24) is 24.9 Å². The topological polar surface area (TPSA) is 102 Å². The van der Waals surface area contributed by atoms with E-state index in [0.29, 0.717) is 50.5 Å². The quantitative estimate of drug-likeness (QED) is 0.673. The molecule has 9 heteroatoms. The van der Waals surface area contributed by atoms with E-state index in [9.17, 15) is 9.59 Å². The molecule has 4 heterocycles. The molecule has 1 spiro atoms. The molecule has 2 amide bonds. The molecule has 1 atom stereocenters. The fourth-order valence-corrected chi connectivity index (χ4v) is 4.47. The SMILES string of the molecule is Cc1cc(C(=O)N2CCC3(CC2)OC(C(=O)NCc2ccccc2)Cn2ccnc23)no1. The summed E-state index contributed by atoms with van der Waals surface area (Å²) in [6.45, 7) is 3.58. The summed E-state index contributed by atoms with van der Waals surface area (Å²) >= 11 is 0. The van der Waals surface area contributed by atoms with Crippen molar-refractivity contribution < 1.29 is 18.8 Å². The number of rotatable bonds is 4. The Hall–Kier alpha value is -3.46. The molecule has 1 fully saturated rings. The first-order chi connectivity index (χ1) is 15.5. The number of imidazole rings is 1. The number of ether oxygens (including phenoxy) is 1. The average Bonchev–Trinajstić information content (AvgIpc) is 3.48. The van der Waals surface area contributed by atoms with Crippen LogP contribution in [0.4, 0.5) is 0 Å². The zero-order valence-corrected chi connectivity index (χ0v) is 17.9. The van der Waals surface area contributed by atoms with Gasteiger partial charge in [0.05, 0.1) is 6.54 Å². The predicted octanol–water partition coefficient (Wildman–Crippen LogP) is 2.03. The second-order valence-electron chi connectivity index (χ2n) is 8.32. The Balaban J connectivity index is 1.28. The fraction of sp³-hybridized carbons (Fsp3) is 0.391. The van der Waals surface area contributed by atoms with E-state index in [-0.39, 0.29) is 11.8 Å². The number of carbonyl (C=O) groups excluding carboxylic acids is 2. The molecule has 2 aliphatic heterocycles. The number of amides is 2. The minimum Gasteiger partial charge on any atom is -0.361 e. The number of nitrogens with zero attached hydrogens (tertiary/aromatic N) is 4. The Morgan fingerprint density at radius 3 is 2.72 bits per heavy atom. The van der Waals surface area contributed by atoms with Gasteiger partial charge in [-0.3, -0.25) is 9.59 Å². The van der Waals surface area contributed by atoms with Gasteiger partial charge in [0.25, 0.3) is 11.8 Å². The van der Waals surface area contributed by atoms with Crippen LogP contribution >= 0.6 is 0 Å². The lowest BCUT2D eigenvalue weighted by molar-refractivity contribution is -0.172. The minimum atomic E-state index is -0.701. The lowest BCUT2D eigenvalue weighted by atomic mass is 9.88. The molecule has 0 bridgehead atoms. The number of carbonyl (C=O) groups is 2. The highest BCUT2D eigenvalue weighted by Gasteiger charge is 2.47. The molecule has 166 valence electrons. The lowest BCUT2D eigenvalue weighted by Gasteiger charge is -2.45. The van der Waals surface area contributed by atoms with Gasteiger partial charge in [0.2, 0.25) is 0 Å². The average molecular weight is 435 g/mol. The highest BCUT2D eigenvalue weighted by molar-refractivity contribution is 5.92. The molecule has 1 unspecified atom stereocenters. The van der Waals surface area contributed by atoms with Gasteiger partial charge in [-0.25, -0.2) is 4.98 Å². The second-order valence-corrected chi connectivity index (χ2v) is 8.32. The Morgan fingerprint density at radius 1 is 1.22 bits per heavy atom. The third-order valence-corrected chi connectivity index (χ3v) is 6.16. The maximum Gasteiger partial charge on any atom is 0.276 e. The first-order valence-corrected chi connectivity index (χ1v) is 10.8. The van der Waals surface area contributed by atoms with Gasteiger partial charge in [0.15, 0.2) is 11.8 Å². The molecular weight excluding hydrogens is 410 g/mol. The molecule has 32 heavy (non-hydrogen) atoms. The molecule has 1 N–H and O–H groups in total. The monoisotopic (exact) mass is 435 g/mol. The van der Waals surface area contributed by atoms with Crippen molar-refractivity contribution in [1.29, 1.82) is 0 Å². The van der Waals surface area contributed by atoms with Gasteiger partial charge in [0.1, 0.15) is 17.2 Å². The van der Waals surface area contributed by atoms with Crippen LogP contribution in [0, 0.1) is 6.92 Å². The number of nitrogens with one attached hydrogen (secondary N) is 1. The summed E-state index contributed by atoms with van der Waals surface area (Å²) in [5.74, 6) is 1.11. The lowest BCUT2D eigenvalue weighted by Crippen LogP contribution is -2.54. The predicted molar refractivity (Wildman–Crippen MR) is 113 cm³/mol. The highest BCUT2D eigenvalue weighted by Crippen LogP contribution is 2.40. The Labute approximate surface area is 185 Å². The third-order valence-electron chi connectivity index (χ3n) is 6.16. The Morgan fingerprint density at radius 2 is 2.00 bits per heavy atom. The molecular formula is C23H25N5O4. The minimum absolute atomic E-state index is 0.149. The summed E-state index contributed by atoms with van der Waals surface area (Å²) in [6.07, 6.45) is 4.10. The second kappa shape index (κ2) is 8.23. The number of hydrogen-bond acceptors (Lipinski definition) is 6. The maximum absolute atomic E-state index is 12.9. The van der Waals surface area contributed by atoms with Crippen LogP contribution in [0.1, 0.15) is 40.5 Å². The standard InChI is InChI=1S/C23H25N5O4/c1-16-13-18(26-32-16)21(30)27-10-7-23(8-11-27)22-24-9-12-28(22)15-19(31-23)20(29)25-14-17-5-3-2-4-6-17/h2-6,9,12-13,19H,7-8,10-11,14-15H2,1H3,(H,25,29). The van der Waals surface area contributed by atoms with Gasteiger partial charge in [-0.05, 0) is 12.5 Å². The van der Waals surface area contributed by atoms with E-state index >= 15 is 0 Å². The summed E-state index contributed by atoms with van der Waals surface area (Å²) < 4.78 is 13.5. The number of piperidine rings is 1. The number of aryl methyl sites for hydroxylation is 1. The van der Waals surface area contributed by atoms with Crippen LogP contribution in [0.25, 0.3) is 0 Å². The van der Waals surface area contributed by atoms with Crippen molar-refractivity contribution in [2.45, 2.75) is 44.6 Å². The van der Waals surface area contributed by atoms with Gasteiger partial charge in [-0.1, -0.05) is 35.5 Å². The molecule has 0 radical (unpaired) electrons. The van der Waals surface area contributed by atoms with Crippen molar-refractivity contribution in [3.8, 4) is 0 Å². The molecule has 2 aromatic heterocycles. The normalized spacial score (nSPS) is 19.5. The number of benzene rings is 1. The van der Waals surface area contributed by atoms with Gasteiger partial charge in [-0.2, -0.15) is 0 Å². The van der Waals surface area contributed by atoms with E-state index in [1.54, 1.807) is 24.1 Å². The van der Waals surface area contributed by atoms with Crippen LogP contribution < -0.4 is 5.32 Å². The van der Waals surface area contributed by atoms with E-state index in [1.165, 1.54) is 0 Å². The van der Waals surface area contributed by atoms with Crippen molar-refractivity contribution in [3.05, 3.63) is 71.6 Å². The number of fused-ring (bicyclic) bond motifs is 2. The molecule has 9 nitrogen and oxygen atoms in total. The van der Waals surface area contributed by atoms with E-state index in [2.05, 4.69) is 15.5 Å². The first-order valence-electron chi connectivity index (χ1n) is 10.8. The summed E-state index contributed by atoms with van der Waals surface area (Å²) in [6, 6.07) is 11.4. The van der Waals surface area contributed by atoms with E-state index in [0.717, 1.165) is 11.4 Å². The number of aromatic nitrogens is 3. The van der Waals surface area contributed by atoms with E-state index < -0.39 is 11.7 Å². The largest absolute Gasteiger partial charge is 0.361 e. The van der Waals surface area contributed by atoms with Crippen molar-refractivity contribution in [2.75, 3.05) is 13.1 Å². The summed E-state index contributed by atoms with van der Waals surface area (Å²) in [7, 11) is 0. The van der Waals surface area contributed by atoms with E-state index in [4.69, 9.17) is 9.26 Å². The summed E-state index contributed by atoms with van der Waals surface area (Å²) in [5.41, 5.74) is 0.639. The summed E-state index contributed by atoms with van der Waals surface area (Å²) in [4.78, 5) is 32.0. The van der Waals surface area contributed by atoms with Crippen LogP contribution in [0.3, 0.4) is 0 Å².